The van der Waals surface area contributed by atoms with Crippen LogP contribution in [0.4, 0.5) is 5.95 Å². The van der Waals surface area contributed by atoms with Crippen LogP contribution >= 0.6 is 0 Å². The van der Waals surface area contributed by atoms with Gasteiger partial charge in [0.2, 0.25) is 5.95 Å². The Morgan fingerprint density at radius 3 is 2.88 bits per heavy atom. The fourth-order valence-electron chi connectivity index (χ4n) is 3.22. The Morgan fingerprint density at radius 2 is 2.08 bits per heavy atom. The highest BCUT2D eigenvalue weighted by molar-refractivity contribution is 5.74. The second kappa shape index (κ2) is 6.65. The van der Waals surface area contributed by atoms with Crippen molar-refractivity contribution in [2.45, 2.75) is 38.8 Å². The van der Waals surface area contributed by atoms with Crippen molar-refractivity contribution < 1.29 is 4.42 Å². The summed E-state index contributed by atoms with van der Waals surface area (Å²) in [6.45, 7) is 4.84. The lowest BCUT2D eigenvalue weighted by atomic mass is 10.1. The van der Waals surface area contributed by atoms with Crippen molar-refractivity contribution in [2.24, 2.45) is 0 Å². The topological polar surface area (TPSA) is 67.9 Å². The molecule has 1 aliphatic rings. The summed E-state index contributed by atoms with van der Waals surface area (Å²) in [5.74, 6) is 2.82. The molecule has 0 amide bonds. The number of hydrogen-bond donors (Lipinski definition) is 2. The number of piperidine rings is 1. The van der Waals surface area contributed by atoms with Gasteiger partial charge in [0, 0.05) is 18.7 Å². The number of hydrogen-bond acceptors (Lipinski definition) is 5. The van der Waals surface area contributed by atoms with Gasteiger partial charge in [-0.05, 0) is 50.2 Å². The van der Waals surface area contributed by atoms with E-state index in [1.54, 1.807) is 0 Å². The molecule has 3 aromatic rings. The van der Waals surface area contributed by atoms with Gasteiger partial charge in [-0.1, -0.05) is 6.92 Å². The number of fused-ring (bicyclic) bond motifs is 1. The zero-order chi connectivity index (χ0) is 16.4. The molecule has 0 saturated carbocycles. The first-order chi connectivity index (χ1) is 11.8. The van der Waals surface area contributed by atoms with Crippen molar-refractivity contribution in [1.29, 1.82) is 0 Å². The number of nitrogens with zero attached hydrogens (tertiary/aromatic N) is 3. The van der Waals surface area contributed by atoms with Crippen LogP contribution in [-0.4, -0.2) is 33.7 Å². The Morgan fingerprint density at radius 1 is 1.25 bits per heavy atom. The molecule has 6 heteroatoms. The van der Waals surface area contributed by atoms with Crippen molar-refractivity contribution in [1.82, 2.24) is 19.9 Å². The van der Waals surface area contributed by atoms with Crippen LogP contribution in [0.5, 0.6) is 0 Å². The van der Waals surface area contributed by atoms with E-state index in [4.69, 9.17) is 9.40 Å². The fourth-order valence-corrected chi connectivity index (χ4v) is 3.22. The van der Waals surface area contributed by atoms with Gasteiger partial charge in [0.15, 0.2) is 5.65 Å². The third-order valence-electron chi connectivity index (χ3n) is 4.56. The SMILES string of the molecule is CCc1ccc(Cn2c(NC3CCNCC3)nc3cccnc32)o1. The van der Waals surface area contributed by atoms with E-state index in [2.05, 4.69) is 27.1 Å². The minimum absolute atomic E-state index is 0.449. The zero-order valence-electron chi connectivity index (χ0n) is 14.0. The molecule has 24 heavy (non-hydrogen) atoms. The highest BCUT2D eigenvalue weighted by Gasteiger charge is 2.18. The molecule has 1 saturated heterocycles. The predicted molar refractivity (Wildman–Crippen MR) is 94.2 cm³/mol. The largest absolute Gasteiger partial charge is 0.464 e. The standard InChI is InChI=1S/C18H23N5O/c1-2-14-5-6-15(24-14)12-23-17-16(4-3-9-20-17)22-18(23)21-13-7-10-19-11-8-13/h3-6,9,13,19H,2,7-8,10-12H2,1H3,(H,21,22). The van der Waals surface area contributed by atoms with E-state index >= 15 is 0 Å². The number of nitrogens with one attached hydrogen (secondary N) is 2. The molecule has 0 bridgehead atoms. The number of aryl methyl sites for hydroxylation is 1. The number of furan rings is 1. The first-order valence-corrected chi connectivity index (χ1v) is 8.69. The second-order valence-corrected chi connectivity index (χ2v) is 6.26. The molecule has 4 rings (SSSR count). The van der Waals surface area contributed by atoms with Crippen LogP contribution in [0.2, 0.25) is 0 Å². The summed E-state index contributed by atoms with van der Waals surface area (Å²) in [5.41, 5.74) is 1.81. The normalized spacial score (nSPS) is 15.9. The fraction of sp³-hybridized carbons (Fsp3) is 0.444. The molecule has 0 aliphatic carbocycles. The predicted octanol–water partition coefficient (Wildman–Crippen LogP) is 2.80. The summed E-state index contributed by atoms with van der Waals surface area (Å²) in [7, 11) is 0. The van der Waals surface area contributed by atoms with Crippen molar-refractivity contribution in [2.75, 3.05) is 18.4 Å². The van der Waals surface area contributed by atoms with Crippen LogP contribution < -0.4 is 10.6 Å². The summed E-state index contributed by atoms with van der Waals surface area (Å²) in [5, 5.41) is 7.01. The number of rotatable bonds is 5. The molecule has 0 radical (unpaired) electrons. The van der Waals surface area contributed by atoms with Gasteiger partial charge < -0.3 is 15.1 Å². The van der Waals surface area contributed by atoms with Gasteiger partial charge in [-0.3, -0.25) is 4.57 Å². The number of aromatic nitrogens is 3. The van der Waals surface area contributed by atoms with E-state index in [1.807, 2.05) is 30.5 Å². The monoisotopic (exact) mass is 325 g/mol. The van der Waals surface area contributed by atoms with Crippen LogP contribution in [0.1, 0.15) is 31.3 Å². The van der Waals surface area contributed by atoms with E-state index in [0.29, 0.717) is 12.6 Å². The van der Waals surface area contributed by atoms with Crippen molar-refractivity contribution in [3.63, 3.8) is 0 Å². The average molecular weight is 325 g/mol. The number of imidazole rings is 1. The van der Waals surface area contributed by atoms with Crippen LogP contribution in [-0.2, 0) is 13.0 Å². The van der Waals surface area contributed by atoms with E-state index < -0.39 is 0 Å². The van der Waals surface area contributed by atoms with Gasteiger partial charge in [0.1, 0.15) is 17.0 Å². The van der Waals surface area contributed by atoms with Crippen LogP contribution in [0, 0.1) is 0 Å². The molecule has 0 atom stereocenters. The lowest BCUT2D eigenvalue weighted by Crippen LogP contribution is -2.36. The maximum absolute atomic E-state index is 5.89. The van der Waals surface area contributed by atoms with E-state index in [0.717, 1.165) is 61.0 Å². The van der Waals surface area contributed by atoms with Crippen molar-refractivity contribution >= 4 is 17.1 Å². The van der Waals surface area contributed by atoms with Crippen molar-refractivity contribution in [3.8, 4) is 0 Å². The Labute approximate surface area is 141 Å². The molecule has 0 aromatic carbocycles. The maximum atomic E-state index is 5.89. The molecular formula is C18H23N5O. The summed E-state index contributed by atoms with van der Waals surface area (Å²) in [6, 6.07) is 8.47. The molecule has 2 N–H and O–H groups in total. The van der Waals surface area contributed by atoms with Crippen LogP contribution in [0.15, 0.2) is 34.9 Å². The van der Waals surface area contributed by atoms with Gasteiger partial charge in [0.05, 0.1) is 6.54 Å². The molecule has 126 valence electrons. The molecule has 1 fully saturated rings. The van der Waals surface area contributed by atoms with Crippen LogP contribution in [0.25, 0.3) is 11.2 Å². The van der Waals surface area contributed by atoms with Gasteiger partial charge in [0.25, 0.3) is 0 Å². The Hall–Kier alpha value is -2.34. The third kappa shape index (κ3) is 3.01. The molecule has 0 unspecified atom stereocenters. The minimum Gasteiger partial charge on any atom is -0.464 e. The van der Waals surface area contributed by atoms with Gasteiger partial charge >= 0.3 is 0 Å². The van der Waals surface area contributed by atoms with Crippen LogP contribution in [0.3, 0.4) is 0 Å². The summed E-state index contributed by atoms with van der Waals surface area (Å²) >= 11 is 0. The first-order valence-electron chi connectivity index (χ1n) is 8.69. The Balaban J connectivity index is 1.66. The van der Waals surface area contributed by atoms with E-state index in [1.165, 1.54) is 0 Å². The molecule has 3 aromatic heterocycles. The average Bonchev–Trinajstić information content (AvgIpc) is 3.21. The Kier molecular flexibility index (Phi) is 4.21. The van der Waals surface area contributed by atoms with Crippen molar-refractivity contribution in [3.05, 3.63) is 42.0 Å². The first kappa shape index (κ1) is 15.2. The minimum atomic E-state index is 0.449. The molecular weight excluding hydrogens is 302 g/mol. The summed E-state index contributed by atoms with van der Waals surface area (Å²) in [4.78, 5) is 9.28. The van der Waals surface area contributed by atoms with E-state index in [-0.39, 0.29) is 0 Å². The maximum Gasteiger partial charge on any atom is 0.205 e. The quantitative estimate of drug-likeness (QED) is 0.755. The zero-order valence-corrected chi connectivity index (χ0v) is 14.0. The lowest BCUT2D eigenvalue weighted by molar-refractivity contribution is 0.455. The molecule has 6 nitrogen and oxygen atoms in total. The molecule has 1 aliphatic heterocycles. The van der Waals surface area contributed by atoms with Gasteiger partial charge in [-0.15, -0.1) is 0 Å². The number of pyridine rings is 1. The van der Waals surface area contributed by atoms with Gasteiger partial charge in [-0.25, -0.2) is 9.97 Å². The number of anilines is 1. The Bertz CT molecular complexity index is 816. The highest BCUT2D eigenvalue weighted by Crippen LogP contribution is 2.22. The summed E-state index contributed by atoms with van der Waals surface area (Å²) < 4.78 is 8.01. The third-order valence-corrected chi connectivity index (χ3v) is 4.56. The van der Waals surface area contributed by atoms with E-state index in [9.17, 15) is 0 Å². The van der Waals surface area contributed by atoms with Gasteiger partial charge in [-0.2, -0.15) is 0 Å². The molecule has 4 heterocycles. The lowest BCUT2D eigenvalue weighted by Gasteiger charge is -2.24. The molecule has 0 spiro atoms. The smallest absolute Gasteiger partial charge is 0.205 e. The highest BCUT2D eigenvalue weighted by atomic mass is 16.3. The second-order valence-electron chi connectivity index (χ2n) is 6.26. The summed E-state index contributed by atoms with van der Waals surface area (Å²) in [6.07, 6.45) is 4.94.